The van der Waals surface area contributed by atoms with Crippen LogP contribution in [0.2, 0.25) is 0 Å². The van der Waals surface area contributed by atoms with Crippen LogP contribution >= 0.6 is 0 Å². The van der Waals surface area contributed by atoms with Crippen molar-refractivity contribution in [2.45, 2.75) is 20.8 Å². The third kappa shape index (κ3) is 8.84. The molecule has 25 heavy (non-hydrogen) atoms. The van der Waals surface area contributed by atoms with Gasteiger partial charge < -0.3 is 5.32 Å². The lowest BCUT2D eigenvalue weighted by molar-refractivity contribution is -0.103. The molecule has 2 nitrogen and oxygen atoms in total. The van der Waals surface area contributed by atoms with Gasteiger partial charge in [0, 0.05) is 28.9 Å². The van der Waals surface area contributed by atoms with Crippen molar-refractivity contribution >= 4 is 12.0 Å². The summed E-state index contributed by atoms with van der Waals surface area (Å²) in [5.74, 6) is 11.4. The lowest BCUT2D eigenvalue weighted by Crippen LogP contribution is -1.95. The maximum Gasteiger partial charge on any atom is 0.193 e. The van der Waals surface area contributed by atoms with E-state index >= 15 is 0 Å². The smallest absolute Gasteiger partial charge is 0.193 e. The SMILES string of the molecule is C=C.CC.CCNc1ccc(C#Cc2ccc(C#CC=O)cc2)cc1. The van der Waals surface area contributed by atoms with Crippen LogP contribution in [0.1, 0.15) is 37.5 Å². The summed E-state index contributed by atoms with van der Waals surface area (Å²) in [6, 6.07) is 15.5. The molecule has 0 bridgehead atoms. The van der Waals surface area contributed by atoms with Gasteiger partial charge in [0.15, 0.2) is 6.29 Å². The molecule has 0 spiro atoms. The van der Waals surface area contributed by atoms with Crippen LogP contribution in [0.4, 0.5) is 5.69 Å². The second kappa shape index (κ2) is 14.4. The Hall–Kier alpha value is -3.23. The van der Waals surface area contributed by atoms with Crippen LogP contribution in [0.5, 0.6) is 0 Å². The van der Waals surface area contributed by atoms with E-state index in [0.717, 1.165) is 28.9 Å². The van der Waals surface area contributed by atoms with Crippen molar-refractivity contribution in [2.75, 3.05) is 11.9 Å². The molecular formula is C23H25NO. The van der Waals surface area contributed by atoms with E-state index in [4.69, 9.17) is 0 Å². The number of hydrogen-bond donors (Lipinski definition) is 1. The second-order valence-electron chi connectivity index (χ2n) is 4.32. The van der Waals surface area contributed by atoms with Gasteiger partial charge >= 0.3 is 0 Å². The molecular weight excluding hydrogens is 306 g/mol. The first-order chi connectivity index (χ1) is 12.3. The fourth-order valence-corrected chi connectivity index (χ4v) is 1.77. The fourth-order valence-electron chi connectivity index (χ4n) is 1.77. The quantitative estimate of drug-likeness (QED) is 0.482. The van der Waals surface area contributed by atoms with Gasteiger partial charge in [0.05, 0.1) is 0 Å². The Balaban J connectivity index is 0.00000134. The van der Waals surface area contributed by atoms with Gasteiger partial charge in [0.25, 0.3) is 0 Å². The number of benzene rings is 2. The lowest BCUT2D eigenvalue weighted by atomic mass is 10.1. The van der Waals surface area contributed by atoms with Crippen LogP contribution in [-0.2, 0) is 4.79 Å². The summed E-state index contributed by atoms with van der Waals surface area (Å²) >= 11 is 0. The third-order valence-corrected chi connectivity index (χ3v) is 2.78. The molecule has 0 saturated heterocycles. The average Bonchev–Trinajstić information content (AvgIpc) is 2.70. The molecule has 0 fully saturated rings. The van der Waals surface area contributed by atoms with E-state index in [1.807, 2.05) is 62.4 Å². The lowest BCUT2D eigenvalue weighted by Gasteiger charge is -2.01. The maximum atomic E-state index is 10.2. The van der Waals surface area contributed by atoms with Gasteiger partial charge in [-0.2, -0.15) is 0 Å². The van der Waals surface area contributed by atoms with E-state index in [9.17, 15) is 4.79 Å². The summed E-state index contributed by atoms with van der Waals surface area (Å²) in [6.45, 7) is 13.0. The van der Waals surface area contributed by atoms with Crippen molar-refractivity contribution in [3.63, 3.8) is 0 Å². The third-order valence-electron chi connectivity index (χ3n) is 2.78. The van der Waals surface area contributed by atoms with E-state index in [2.05, 4.69) is 49.1 Å². The number of nitrogens with one attached hydrogen (secondary N) is 1. The van der Waals surface area contributed by atoms with Crippen molar-refractivity contribution in [2.24, 2.45) is 0 Å². The normalized spacial score (nSPS) is 7.80. The molecule has 128 valence electrons. The molecule has 0 unspecified atom stereocenters. The maximum absolute atomic E-state index is 10.2. The van der Waals surface area contributed by atoms with Crippen LogP contribution in [0.25, 0.3) is 0 Å². The minimum atomic E-state index is 0.588. The van der Waals surface area contributed by atoms with Gasteiger partial charge in [-0.15, -0.1) is 13.2 Å². The van der Waals surface area contributed by atoms with E-state index < -0.39 is 0 Å². The Kier molecular flexibility index (Phi) is 12.5. The van der Waals surface area contributed by atoms with Crippen LogP contribution in [0.15, 0.2) is 61.7 Å². The number of anilines is 1. The van der Waals surface area contributed by atoms with E-state index in [-0.39, 0.29) is 0 Å². The number of hydrogen-bond acceptors (Lipinski definition) is 2. The standard InChI is InChI=1S/C19H15NO.C2H6.C2H4/c1-2-20-19-13-11-18(12-14-19)10-9-17-7-5-16(6-8-17)4-3-15-21;2*1-2/h5-8,11-15,20H,2H2,1H3;1-2H3;1-2H2. The Bertz CT molecular complexity index is 735. The zero-order valence-corrected chi connectivity index (χ0v) is 15.2. The molecule has 2 aromatic rings. The van der Waals surface area contributed by atoms with E-state index in [0.29, 0.717) is 6.29 Å². The highest BCUT2D eigenvalue weighted by molar-refractivity contribution is 5.74. The van der Waals surface area contributed by atoms with Crippen LogP contribution in [0.3, 0.4) is 0 Å². The Morgan fingerprint density at radius 1 is 0.840 bits per heavy atom. The first-order valence-corrected chi connectivity index (χ1v) is 8.23. The van der Waals surface area contributed by atoms with E-state index in [1.165, 1.54) is 0 Å². The molecule has 0 amide bonds. The molecule has 2 heteroatoms. The molecule has 0 saturated carbocycles. The van der Waals surface area contributed by atoms with Gasteiger partial charge in [0.1, 0.15) is 0 Å². The molecule has 2 rings (SSSR count). The highest BCUT2D eigenvalue weighted by Crippen LogP contribution is 2.08. The fraction of sp³-hybridized carbons (Fsp3) is 0.174. The van der Waals surface area contributed by atoms with Crippen LogP contribution in [0, 0.1) is 23.7 Å². The number of aldehydes is 1. The van der Waals surface area contributed by atoms with Crippen molar-refractivity contribution in [3.8, 4) is 23.7 Å². The zero-order valence-electron chi connectivity index (χ0n) is 15.2. The molecule has 1 N–H and O–H groups in total. The summed E-state index contributed by atoms with van der Waals surface area (Å²) in [4.78, 5) is 10.2. The van der Waals surface area contributed by atoms with Gasteiger partial charge in [0.2, 0.25) is 0 Å². The van der Waals surface area contributed by atoms with Gasteiger partial charge in [-0.25, -0.2) is 0 Å². The molecule has 0 heterocycles. The minimum Gasteiger partial charge on any atom is -0.385 e. The van der Waals surface area contributed by atoms with Crippen molar-refractivity contribution in [1.82, 2.24) is 0 Å². The monoisotopic (exact) mass is 331 g/mol. The Labute approximate surface area is 152 Å². The number of carbonyl (C=O) groups excluding carboxylic acids is 1. The summed E-state index contributed by atoms with van der Waals surface area (Å²) < 4.78 is 0. The van der Waals surface area contributed by atoms with Crippen LogP contribution in [-0.4, -0.2) is 12.8 Å². The molecule has 0 aliphatic carbocycles. The Morgan fingerprint density at radius 2 is 1.24 bits per heavy atom. The van der Waals surface area contributed by atoms with Gasteiger partial charge in [-0.3, -0.25) is 4.79 Å². The van der Waals surface area contributed by atoms with Crippen LogP contribution < -0.4 is 5.32 Å². The first kappa shape index (κ1) is 21.8. The summed E-state index contributed by atoms with van der Waals surface area (Å²) in [6.07, 6.45) is 0.588. The summed E-state index contributed by atoms with van der Waals surface area (Å²) in [5.41, 5.74) is 3.80. The van der Waals surface area contributed by atoms with Crippen molar-refractivity contribution in [3.05, 3.63) is 78.4 Å². The minimum absolute atomic E-state index is 0.588. The average molecular weight is 331 g/mol. The van der Waals surface area contributed by atoms with Gasteiger partial charge in [-0.05, 0) is 61.4 Å². The predicted molar refractivity (Wildman–Crippen MR) is 109 cm³/mol. The molecule has 0 atom stereocenters. The predicted octanol–water partition coefficient (Wildman–Crippen LogP) is 4.90. The van der Waals surface area contributed by atoms with E-state index in [1.54, 1.807) is 0 Å². The molecule has 0 aromatic heterocycles. The summed E-state index contributed by atoms with van der Waals surface area (Å²) in [7, 11) is 0. The number of rotatable bonds is 2. The topological polar surface area (TPSA) is 29.1 Å². The summed E-state index contributed by atoms with van der Waals surface area (Å²) in [5, 5.41) is 3.25. The van der Waals surface area contributed by atoms with Crippen molar-refractivity contribution < 1.29 is 4.79 Å². The zero-order chi connectivity index (χ0) is 18.9. The second-order valence-corrected chi connectivity index (χ2v) is 4.32. The Morgan fingerprint density at radius 3 is 1.64 bits per heavy atom. The van der Waals surface area contributed by atoms with Gasteiger partial charge in [-0.1, -0.05) is 31.6 Å². The number of carbonyl (C=O) groups is 1. The molecule has 0 aliphatic heterocycles. The molecule has 0 radical (unpaired) electrons. The molecule has 2 aromatic carbocycles. The highest BCUT2D eigenvalue weighted by Gasteiger charge is 1.91. The highest BCUT2D eigenvalue weighted by atomic mass is 16.1. The van der Waals surface area contributed by atoms with Crippen molar-refractivity contribution in [1.29, 1.82) is 0 Å². The first-order valence-electron chi connectivity index (χ1n) is 8.23. The largest absolute Gasteiger partial charge is 0.385 e. The molecule has 0 aliphatic rings.